The van der Waals surface area contributed by atoms with E-state index in [0.29, 0.717) is 18.7 Å². The van der Waals surface area contributed by atoms with E-state index in [2.05, 4.69) is 44.1 Å². The van der Waals surface area contributed by atoms with Gasteiger partial charge in [0.15, 0.2) is 5.89 Å². The Hall–Kier alpha value is -1.62. The molecule has 24 heavy (non-hydrogen) atoms. The van der Waals surface area contributed by atoms with Crippen LogP contribution in [0.2, 0.25) is 0 Å². The summed E-state index contributed by atoms with van der Waals surface area (Å²) in [6, 6.07) is 2.40. The highest BCUT2D eigenvalue weighted by molar-refractivity contribution is 7.10. The average molecular weight is 346 g/mol. The number of thiophene rings is 1. The summed E-state index contributed by atoms with van der Waals surface area (Å²) in [5.41, 5.74) is 1.29. The van der Waals surface area contributed by atoms with Crippen molar-refractivity contribution < 1.29 is 9.21 Å². The molecule has 0 N–H and O–H groups in total. The summed E-state index contributed by atoms with van der Waals surface area (Å²) >= 11 is 1.81. The second kappa shape index (κ2) is 6.71. The number of aryl methyl sites for hydroxylation is 1. The number of amides is 1. The maximum Gasteiger partial charge on any atom is 0.223 e. The molecule has 0 radical (unpaired) electrons. The lowest BCUT2D eigenvalue weighted by Crippen LogP contribution is -2.39. The molecule has 1 atom stereocenters. The Bertz CT molecular complexity index is 711. The maximum absolute atomic E-state index is 12.7. The number of aromatic nitrogens is 1. The quantitative estimate of drug-likeness (QED) is 0.819. The molecule has 0 fully saturated rings. The SMILES string of the molecule is CC[C@H]1c2ccsc2CCN1C(=O)CCc1ncc(C(C)(C)C)o1. The summed E-state index contributed by atoms with van der Waals surface area (Å²) in [4.78, 5) is 20.5. The monoisotopic (exact) mass is 346 g/mol. The van der Waals surface area contributed by atoms with Crippen molar-refractivity contribution in [2.45, 2.75) is 64.8 Å². The molecule has 1 amide bonds. The van der Waals surface area contributed by atoms with Gasteiger partial charge in [-0.15, -0.1) is 11.3 Å². The molecule has 0 aromatic carbocycles. The smallest absolute Gasteiger partial charge is 0.223 e. The first-order valence-corrected chi connectivity index (χ1v) is 9.59. The third-order valence-corrected chi connectivity index (χ3v) is 5.64. The lowest BCUT2D eigenvalue weighted by molar-refractivity contribution is -0.134. The third-order valence-electron chi connectivity index (χ3n) is 4.65. The second-order valence-corrected chi connectivity index (χ2v) is 8.43. The first-order chi connectivity index (χ1) is 11.4. The Labute approximate surface area is 147 Å². The average Bonchev–Trinajstić information content (AvgIpc) is 3.19. The molecule has 130 valence electrons. The molecule has 0 saturated carbocycles. The van der Waals surface area contributed by atoms with Gasteiger partial charge in [-0.1, -0.05) is 27.7 Å². The number of rotatable bonds is 4. The van der Waals surface area contributed by atoms with E-state index in [1.54, 1.807) is 6.20 Å². The summed E-state index contributed by atoms with van der Waals surface area (Å²) in [7, 11) is 0. The lowest BCUT2D eigenvalue weighted by Gasteiger charge is -2.35. The second-order valence-electron chi connectivity index (χ2n) is 7.43. The molecule has 0 spiro atoms. The van der Waals surface area contributed by atoms with E-state index < -0.39 is 0 Å². The molecule has 3 rings (SSSR count). The molecule has 2 aromatic heterocycles. The van der Waals surface area contributed by atoms with Gasteiger partial charge in [0.25, 0.3) is 0 Å². The van der Waals surface area contributed by atoms with Gasteiger partial charge in [0.1, 0.15) is 5.76 Å². The highest BCUT2D eigenvalue weighted by Gasteiger charge is 2.30. The van der Waals surface area contributed by atoms with Gasteiger partial charge >= 0.3 is 0 Å². The molecular weight excluding hydrogens is 320 g/mol. The zero-order valence-corrected chi connectivity index (χ0v) is 15.8. The number of hydrogen-bond acceptors (Lipinski definition) is 4. The van der Waals surface area contributed by atoms with E-state index in [1.807, 2.05) is 16.2 Å². The molecule has 2 aromatic rings. The number of fused-ring (bicyclic) bond motifs is 1. The number of hydrogen-bond donors (Lipinski definition) is 0. The van der Waals surface area contributed by atoms with E-state index >= 15 is 0 Å². The van der Waals surface area contributed by atoms with Gasteiger partial charge < -0.3 is 9.32 Å². The minimum atomic E-state index is -0.0508. The Balaban J connectivity index is 1.64. The van der Waals surface area contributed by atoms with E-state index in [-0.39, 0.29) is 17.4 Å². The number of carbonyl (C=O) groups is 1. The largest absolute Gasteiger partial charge is 0.445 e. The van der Waals surface area contributed by atoms with Crippen molar-refractivity contribution in [3.8, 4) is 0 Å². The van der Waals surface area contributed by atoms with Crippen molar-refractivity contribution in [1.82, 2.24) is 9.88 Å². The van der Waals surface area contributed by atoms with Crippen LogP contribution >= 0.6 is 11.3 Å². The van der Waals surface area contributed by atoms with Gasteiger partial charge in [0.2, 0.25) is 5.91 Å². The predicted octanol–water partition coefficient (Wildman–Crippen LogP) is 4.50. The van der Waals surface area contributed by atoms with E-state index in [4.69, 9.17) is 4.42 Å². The van der Waals surface area contributed by atoms with Gasteiger partial charge in [-0.2, -0.15) is 0 Å². The third kappa shape index (κ3) is 3.41. The topological polar surface area (TPSA) is 46.3 Å². The first kappa shape index (κ1) is 17.2. The van der Waals surface area contributed by atoms with Gasteiger partial charge in [0.05, 0.1) is 12.2 Å². The van der Waals surface area contributed by atoms with Crippen LogP contribution in [0.1, 0.15) is 68.7 Å². The Morgan fingerprint density at radius 2 is 2.25 bits per heavy atom. The minimum absolute atomic E-state index is 0.0508. The van der Waals surface area contributed by atoms with Crippen LogP contribution in [0.15, 0.2) is 22.1 Å². The van der Waals surface area contributed by atoms with Crippen LogP contribution in [-0.2, 0) is 23.1 Å². The highest BCUT2D eigenvalue weighted by Crippen LogP contribution is 2.35. The predicted molar refractivity (Wildman–Crippen MR) is 96.3 cm³/mol. The van der Waals surface area contributed by atoms with Crippen LogP contribution < -0.4 is 0 Å². The summed E-state index contributed by atoms with van der Waals surface area (Å²) in [5, 5.41) is 2.14. The lowest BCUT2D eigenvalue weighted by atomic mass is 9.94. The molecule has 5 heteroatoms. The van der Waals surface area contributed by atoms with Crippen LogP contribution in [0.4, 0.5) is 0 Å². The molecule has 4 nitrogen and oxygen atoms in total. The Morgan fingerprint density at radius 3 is 2.92 bits per heavy atom. The van der Waals surface area contributed by atoms with Crippen LogP contribution in [0.25, 0.3) is 0 Å². The maximum atomic E-state index is 12.7. The van der Waals surface area contributed by atoms with Crippen LogP contribution in [0.5, 0.6) is 0 Å². The van der Waals surface area contributed by atoms with E-state index in [9.17, 15) is 4.79 Å². The normalized spacial score (nSPS) is 17.8. The zero-order chi connectivity index (χ0) is 17.3. The fourth-order valence-corrected chi connectivity index (χ4v) is 4.19. The van der Waals surface area contributed by atoms with E-state index in [1.165, 1.54) is 10.4 Å². The van der Waals surface area contributed by atoms with Crippen molar-refractivity contribution >= 4 is 17.2 Å². The fraction of sp³-hybridized carbons (Fsp3) is 0.579. The standard InChI is InChI=1S/C19H26N2O2S/c1-5-14-13-9-11-24-15(13)8-10-21(14)18(22)7-6-17-20-12-16(23-17)19(2,3)4/h9,11-12,14H,5-8,10H2,1-4H3/t14-/m0/s1. The molecular formula is C19H26N2O2S. The van der Waals surface area contributed by atoms with Crippen molar-refractivity contribution in [3.63, 3.8) is 0 Å². The van der Waals surface area contributed by atoms with Crippen LogP contribution in [0.3, 0.4) is 0 Å². The van der Waals surface area contributed by atoms with Crippen LogP contribution in [-0.4, -0.2) is 22.3 Å². The number of oxazole rings is 1. The van der Waals surface area contributed by atoms with Gasteiger partial charge in [-0.3, -0.25) is 4.79 Å². The highest BCUT2D eigenvalue weighted by atomic mass is 32.1. The van der Waals surface area contributed by atoms with Crippen LogP contribution in [0, 0.1) is 0 Å². The summed E-state index contributed by atoms with van der Waals surface area (Å²) in [5.74, 6) is 1.74. The van der Waals surface area contributed by atoms with Crippen molar-refractivity contribution in [3.05, 3.63) is 39.7 Å². The van der Waals surface area contributed by atoms with Gasteiger partial charge in [-0.05, 0) is 29.9 Å². The molecule has 0 unspecified atom stereocenters. The van der Waals surface area contributed by atoms with Crippen molar-refractivity contribution in [2.24, 2.45) is 0 Å². The van der Waals surface area contributed by atoms with Gasteiger partial charge in [-0.25, -0.2) is 4.98 Å². The van der Waals surface area contributed by atoms with Gasteiger partial charge in [0, 0.05) is 29.7 Å². The fourth-order valence-electron chi connectivity index (χ4n) is 3.27. The molecule has 0 bridgehead atoms. The summed E-state index contributed by atoms with van der Waals surface area (Å²) in [6.45, 7) is 9.27. The molecule has 0 saturated heterocycles. The van der Waals surface area contributed by atoms with Crippen molar-refractivity contribution in [1.29, 1.82) is 0 Å². The summed E-state index contributed by atoms with van der Waals surface area (Å²) < 4.78 is 5.80. The number of nitrogens with zero attached hydrogens (tertiary/aromatic N) is 2. The zero-order valence-electron chi connectivity index (χ0n) is 15.0. The summed E-state index contributed by atoms with van der Waals surface area (Å²) in [6.07, 6.45) is 4.75. The molecule has 1 aliphatic rings. The Morgan fingerprint density at radius 1 is 1.46 bits per heavy atom. The first-order valence-electron chi connectivity index (χ1n) is 8.71. The molecule has 3 heterocycles. The minimum Gasteiger partial charge on any atom is -0.445 e. The Kier molecular flexibility index (Phi) is 4.81. The number of carbonyl (C=O) groups excluding carboxylic acids is 1. The van der Waals surface area contributed by atoms with Crippen molar-refractivity contribution in [2.75, 3.05) is 6.54 Å². The van der Waals surface area contributed by atoms with E-state index in [0.717, 1.165) is 25.1 Å². The molecule has 1 aliphatic heterocycles. The molecule has 0 aliphatic carbocycles.